The van der Waals surface area contributed by atoms with E-state index in [1.807, 2.05) is 47.9 Å². The lowest BCUT2D eigenvalue weighted by atomic mass is 10.1. The van der Waals surface area contributed by atoms with Gasteiger partial charge in [0, 0.05) is 31.0 Å². The fraction of sp³-hybridized carbons (Fsp3) is 0.273. The summed E-state index contributed by atoms with van der Waals surface area (Å²) in [5.74, 6) is 1.52. The maximum absolute atomic E-state index is 12.5. The molecule has 0 aliphatic heterocycles. The zero-order valence-electron chi connectivity index (χ0n) is 17.1. The van der Waals surface area contributed by atoms with Gasteiger partial charge >= 0.3 is 0 Å². The molecule has 3 rings (SSSR count). The van der Waals surface area contributed by atoms with Crippen molar-refractivity contribution in [1.29, 1.82) is 0 Å². The molecule has 30 heavy (non-hydrogen) atoms. The Balaban J connectivity index is 1.59. The number of ether oxygens (including phenoxy) is 1. The third-order valence-electron chi connectivity index (χ3n) is 4.49. The molecule has 0 radical (unpaired) electrons. The Morgan fingerprint density at radius 2 is 1.97 bits per heavy atom. The summed E-state index contributed by atoms with van der Waals surface area (Å²) >= 11 is 1.38. The van der Waals surface area contributed by atoms with Crippen LogP contribution < -0.4 is 10.1 Å². The molecule has 2 aromatic heterocycles. The molecule has 0 aliphatic carbocycles. The normalized spacial score (nSPS) is 11.7. The molecule has 1 amide bonds. The molecule has 1 aromatic carbocycles. The van der Waals surface area contributed by atoms with Gasteiger partial charge in [-0.25, -0.2) is 0 Å². The first-order valence-electron chi connectivity index (χ1n) is 9.64. The Morgan fingerprint density at radius 1 is 1.23 bits per heavy atom. The number of nitrogens with zero attached hydrogens (tertiary/aromatic N) is 4. The van der Waals surface area contributed by atoms with Gasteiger partial charge in [-0.15, -0.1) is 16.8 Å². The largest absolute Gasteiger partial charge is 0.497 e. The van der Waals surface area contributed by atoms with Crippen molar-refractivity contribution in [3.63, 3.8) is 0 Å². The minimum absolute atomic E-state index is 0.0351. The van der Waals surface area contributed by atoms with E-state index in [9.17, 15) is 4.79 Å². The molecule has 0 fully saturated rings. The molecule has 1 atom stereocenters. The molecule has 0 unspecified atom stereocenters. The van der Waals surface area contributed by atoms with Crippen molar-refractivity contribution in [1.82, 2.24) is 25.1 Å². The highest BCUT2D eigenvalue weighted by molar-refractivity contribution is 8.00. The number of rotatable bonds is 10. The Labute approximate surface area is 180 Å². The van der Waals surface area contributed by atoms with E-state index in [0.29, 0.717) is 18.2 Å². The zero-order valence-corrected chi connectivity index (χ0v) is 17.9. The summed E-state index contributed by atoms with van der Waals surface area (Å²) in [7, 11) is 1.64. The van der Waals surface area contributed by atoms with Crippen LogP contribution in [-0.4, -0.2) is 44.6 Å². The van der Waals surface area contributed by atoms with Crippen molar-refractivity contribution in [3.05, 3.63) is 67.0 Å². The van der Waals surface area contributed by atoms with Crippen LogP contribution in [0.4, 0.5) is 0 Å². The molecule has 0 spiro atoms. The SMILES string of the molecule is C=CCn1c(S[C@@H](C)C(=O)NCCc2ccc(OC)cc2)nnc1-c1ccncc1. The van der Waals surface area contributed by atoms with E-state index >= 15 is 0 Å². The lowest BCUT2D eigenvalue weighted by Crippen LogP contribution is -2.32. The molecular weight excluding hydrogens is 398 g/mol. The topological polar surface area (TPSA) is 81.9 Å². The number of carbonyl (C=O) groups excluding carboxylic acids is 1. The number of methoxy groups -OCH3 is 1. The predicted molar refractivity (Wildman–Crippen MR) is 118 cm³/mol. The summed E-state index contributed by atoms with van der Waals surface area (Å²) in [6.07, 6.45) is 5.98. The second kappa shape index (κ2) is 10.6. The van der Waals surface area contributed by atoms with E-state index in [-0.39, 0.29) is 11.2 Å². The smallest absolute Gasteiger partial charge is 0.233 e. The van der Waals surface area contributed by atoms with E-state index in [4.69, 9.17) is 4.74 Å². The van der Waals surface area contributed by atoms with Gasteiger partial charge in [-0.1, -0.05) is 30.0 Å². The van der Waals surface area contributed by atoms with Crippen LogP contribution in [0.5, 0.6) is 5.75 Å². The molecule has 0 bridgehead atoms. The van der Waals surface area contributed by atoms with Gasteiger partial charge in [-0.3, -0.25) is 14.3 Å². The molecule has 7 nitrogen and oxygen atoms in total. The fourth-order valence-electron chi connectivity index (χ4n) is 2.86. The standard InChI is InChI=1S/C22H25N5O2S/c1-4-15-27-20(18-10-12-23-13-11-18)25-26-22(27)30-16(2)21(28)24-14-9-17-5-7-19(29-3)8-6-17/h4-8,10-13,16H,1,9,14-15H2,2-3H3,(H,24,28)/t16-/m0/s1. The summed E-state index contributed by atoms with van der Waals surface area (Å²) in [5, 5.41) is 12.0. The fourth-order valence-corrected chi connectivity index (χ4v) is 3.74. The van der Waals surface area contributed by atoms with Crippen molar-refractivity contribution in [2.75, 3.05) is 13.7 Å². The van der Waals surface area contributed by atoms with E-state index in [2.05, 4.69) is 27.1 Å². The summed E-state index contributed by atoms with van der Waals surface area (Å²) in [4.78, 5) is 16.6. The van der Waals surface area contributed by atoms with Crippen LogP contribution in [0, 0.1) is 0 Å². The van der Waals surface area contributed by atoms with Gasteiger partial charge in [0.2, 0.25) is 5.91 Å². The van der Waals surface area contributed by atoms with Gasteiger partial charge in [0.15, 0.2) is 11.0 Å². The van der Waals surface area contributed by atoms with Crippen molar-refractivity contribution in [2.45, 2.75) is 30.3 Å². The van der Waals surface area contributed by atoms with Crippen LogP contribution in [0.25, 0.3) is 11.4 Å². The van der Waals surface area contributed by atoms with Crippen LogP contribution in [0.1, 0.15) is 12.5 Å². The average molecular weight is 424 g/mol. The number of benzene rings is 1. The van der Waals surface area contributed by atoms with Crippen LogP contribution in [0.15, 0.2) is 66.6 Å². The highest BCUT2D eigenvalue weighted by Crippen LogP contribution is 2.26. The first-order valence-corrected chi connectivity index (χ1v) is 10.5. The summed E-state index contributed by atoms with van der Waals surface area (Å²) < 4.78 is 7.11. The Hall–Kier alpha value is -3.13. The number of hydrogen-bond donors (Lipinski definition) is 1. The number of amides is 1. The molecule has 3 aromatic rings. The van der Waals surface area contributed by atoms with Gasteiger partial charge < -0.3 is 10.1 Å². The third-order valence-corrected chi connectivity index (χ3v) is 5.57. The Morgan fingerprint density at radius 3 is 2.63 bits per heavy atom. The Bertz CT molecular complexity index is 973. The molecule has 0 saturated heterocycles. The number of aromatic nitrogens is 4. The number of nitrogens with one attached hydrogen (secondary N) is 1. The maximum atomic E-state index is 12.5. The second-order valence-electron chi connectivity index (χ2n) is 6.59. The molecule has 0 saturated carbocycles. The van der Waals surface area contributed by atoms with Gasteiger partial charge in [-0.2, -0.15) is 0 Å². The first-order chi connectivity index (χ1) is 14.6. The number of thioether (sulfide) groups is 1. The highest BCUT2D eigenvalue weighted by Gasteiger charge is 2.20. The summed E-state index contributed by atoms with van der Waals surface area (Å²) in [5.41, 5.74) is 2.06. The number of hydrogen-bond acceptors (Lipinski definition) is 6. The molecule has 8 heteroatoms. The van der Waals surface area contributed by atoms with Gasteiger partial charge in [0.05, 0.1) is 12.4 Å². The Kier molecular flexibility index (Phi) is 7.62. The second-order valence-corrected chi connectivity index (χ2v) is 7.90. The number of carbonyl (C=O) groups is 1. The van der Waals surface area contributed by atoms with Crippen LogP contribution >= 0.6 is 11.8 Å². The van der Waals surface area contributed by atoms with Crippen molar-refractivity contribution in [2.24, 2.45) is 0 Å². The van der Waals surface area contributed by atoms with E-state index in [0.717, 1.165) is 29.1 Å². The average Bonchev–Trinajstić information content (AvgIpc) is 3.17. The molecule has 2 heterocycles. The first kappa shape index (κ1) is 21.6. The monoisotopic (exact) mass is 423 g/mol. The van der Waals surface area contributed by atoms with Gasteiger partial charge in [0.25, 0.3) is 0 Å². The minimum atomic E-state index is -0.307. The zero-order chi connectivity index (χ0) is 21.3. The third kappa shape index (κ3) is 5.48. The van der Waals surface area contributed by atoms with Gasteiger partial charge in [0.1, 0.15) is 5.75 Å². The maximum Gasteiger partial charge on any atom is 0.233 e. The van der Waals surface area contributed by atoms with Crippen molar-refractivity contribution >= 4 is 17.7 Å². The van der Waals surface area contributed by atoms with Crippen LogP contribution in [0.3, 0.4) is 0 Å². The molecular formula is C22H25N5O2S. The van der Waals surface area contributed by atoms with E-state index < -0.39 is 0 Å². The lowest BCUT2D eigenvalue weighted by molar-refractivity contribution is -0.120. The summed E-state index contributed by atoms with van der Waals surface area (Å²) in [6.45, 7) is 6.81. The van der Waals surface area contributed by atoms with E-state index in [1.54, 1.807) is 25.6 Å². The molecule has 1 N–H and O–H groups in total. The lowest BCUT2D eigenvalue weighted by Gasteiger charge is -2.13. The molecule has 0 aliphatic rings. The van der Waals surface area contributed by atoms with Crippen LogP contribution in [0.2, 0.25) is 0 Å². The number of pyridine rings is 1. The minimum Gasteiger partial charge on any atom is -0.497 e. The summed E-state index contributed by atoms with van der Waals surface area (Å²) in [6, 6.07) is 11.6. The van der Waals surface area contributed by atoms with E-state index in [1.165, 1.54) is 11.8 Å². The van der Waals surface area contributed by atoms with Crippen molar-refractivity contribution in [3.8, 4) is 17.1 Å². The number of allylic oxidation sites excluding steroid dienone is 1. The highest BCUT2D eigenvalue weighted by atomic mass is 32.2. The quantitative estimate of drug-likeness (QED) is 0.398. The molecule has 156 valence electrons. The predicted octanol–water partition coefficient (Wildman–Crippen LogP) is 3.37. The van der Waals surface area contributed by atoms with Crippen molar-refractivity contribution < 1.29 is 9.53 Å². The van der Waals surface area contributed by atoms with Crippen LogP contribution in [-0.2, 0) is 17.8 Å². The van der Waals surface area contributed by atoms with Gasteiger partial charge in [-0.05, 0) is 43.2 Å².